The summed E-state index contributed by atoms with van der Waals surface area (Å²) in [6.45, 7) is 0.167. The molecule has 0 heterocycles. The van der Waals surface area contributed by atoms with Gasteiger partial charge in [-0.15, -0.1) is 0 Å². The highest BCUT2D eigenvalue weighted by atomic mass is 35.5. The summed E-state index contributed by atoms with van der Waals surface area (Å²) in [5.74, 6) is -0.0737. The number of rotatable bonds is 5. The lowest BCUT2D eigenvalue weighted by atomic mass is 10.4. The molecule has 0 unspecified atom stereocenters. The van der Waals surface area contributed by atoms with Crippen molar-refractivity contribution < 1.29 is 8.42 Å². The van der Waals surface area contributed by atoms with Crippen molar-refractivity contribution in [3.05, 3.63) is 39.7 Å². The number of azide groups is 1. The lowest BCUT2D eigenvalue weighted by molar-refractivity contribution is 0.593. The highest BCUT2D eigenvalue weighted by molar-refractivity contribution is 7.91. The van der Waals surface area contributed by atoms with Gasteiger partial charge in [0.15, 0.2) is 9.84 Å². The van der Waals surface area contributed by atoms with Crippen molar-refractivity contribution >= 4 is 21.4 Å². The van der Waals surface area contributed by atoms with E-state index in [0.29, 0.717) is 0 Å². The average Bonchev–Trinajstić information content (AvgIpc) is 2.25. The molecule has 0 amide bonds. The van der Waals surface area contributed by atoms with E-state index in [1.54, 1.807) is 12.1 Å². The van der Waals surface area contributed by atoms with Gasteiger partial charge in [-0.3, -0.25) is 0 Å². The fourth-order valence-electron chi connectivity index (χ4n) is 1.18. The summed E-state index contributed by atoms with van der Waals surface area (Å²) in [6.07, 6.45) is 0.289. The van der Waals surface area contributed by atoms with Crippen LogP contribution in [0.25, 0.3) is 10.4 Å². The second-order valence-electron chi connectivity index (χ2n) is 3.06. The van der Waals surface area contributed by atoms with Crippen molar-refractivity contribution in [2.45, 2.75) is 11.3 Å². The van der Waals surface area contributed by atoms with Crippen LogP contribution in [0.2, 0.25) is 5.02 Å². The molecule has 0 saturated carbocycles. The van der Waals surface area contributed by atoms with E-state index in [1.165, 1.54) is 12.1 Å². The first-order valence-electron chi connectivity index (χ1n) is 4.56. The van der Waals surface area contributed by atoms with Gasteiger partial charge in [0, 0.05) is 11.5 Å². The normalized spacial score (nSPS) is 10.8. The summed E-state index contributed by atoms with van der Waals surface area (Å²) < 4.78 is 23.6. The second kappa shape index (κ2) is 5.75. The number of halogens is 1. The van der Waals surface area contributed by atoms with Crippen LogP contribution in [0.5, 0.6) is 0 Å². The van der Waals surface area contributed by atoms with E-state index in [1.807, 2.05) is 0 Å². The van der Waals surface area contributed by atoms with Crippen LogP contribution in [-0.2, 0) is 9.84 Å². The SMILES string of the molecule is [N-]=[N+]=NCCCS(=O)(=O)c1ccccc1Cl. The maximum Gasteiger partial charge on any atom is 0.179 e. The largest absolute Gasteiger partial charge is 0.224 e. The number of nitrogens with zero attached hydrogens (tertiary/aromatic N) is 3. The van der Waals surface area contributed by atoms with Crippen LogP contribution in [0, 0.1) is 0 Å². The second-order valence-corrected chi connectivity index (χ2v) is 5.54. The molecule has 0 aliphatic carbocycles. The molecule has 0 aromatic heterocycles. The zero-order valence-corrected chi connectivity index (χ0v) is 9.95. The van der Waals surface area contributed by atoms with E-state index < -0.39 is 9.84 Å². The molecular weight excluding hydrogens is 250 g/mol. The fourth-order valence-corrected chi connectivity index (χ4v) is 3.05. The van der Waals surface area contributed by atoms with Crippen molar-refractivity contribution in [2.75, 3.05) is 12.3 Å². The quantitative estimate of drug-likeness (QED) is 0.352. The molecule has 0 fully saturated rings. The summed E-state index contributed by atoms with van der Waals surface area (Å²) in [6, 6.07) is 6.28. The van der Waals surface area contributed by atoms with Crippen LogP contribution in [0.15, 0.2) is 34.3 Å². The van der Waals surface area contributed by atoms with Gasteiger partial charge in [0.2, 0.25) is 0 Å². The van der Waals surface area contributed by atoms with Crippen LogP contribution < -0.4 is 0 Å². The Hall–Kier alpha value is -1.23. The van der Waals surface area contributed by atoms with E-state index in [9.17, 15) is 8.42 Å². The van der Waals surface area contributed by atoms with Gasteiger partial charge in [0.1, 0.15) is 0 Å². The Morgan fingerprint density at radius 3 is 2.69 bits per heavy atom. The lowest BCUT2D eigenvalue weighted by Gasteiger charge is -2.04. The van der Waals surface area contributed by atoms with Crippen molar-refractivity contribution in [2.24, 2.45) is 5.11 Å². The smallest absolute Gasteiger partial charge is 0.179 e. The van der Waals surface area contributed by atoms with Crippen molar-refractivity contribution in [1.82, 2.24) is 0 Å². The molecule has 0 atom stereocenters. The standard InChI is InChI=1S/C9H10ClN3O2S/c10-8-4-1-2-5-9(8)16(14,15)7-3-6-12-13-11/h1-2,4-5H,3,6-7H2. The number of sulfone groups is 1. The van der Waals surface area contributed by atoms with Gasteiger partial charge in [-0.05, 0) is 24.1 Å². The van der Waals surface area contributed by atoms with Crippen LogP contribution in [-0.4, -0.2) is 20.7 Å². The molecule has 7 heteroatoms. The summed E-state index contributed by atoms with van der Waals surface area (Å²) in [5.41, 5.74) is 8.04. The zero-order valence-electron chi connectivity index (χ0n) is 8.38. The minimum atomic E-state index is -3.39. The molecule has 16 heavy (non-hydrogen) atoms. The summed E-state index contributed by atoms with van der Waals surface area (Å²) in [4.78, 5) is 2.67. The maximum absolute atomic E-state index is 11.8. The molecule has 1 rings (SSSR count). The van der Waals surface area contributed by atoms with Crippen LogP contribution in [0.3, 0.4) is 0 Å². The third kappa shape index (κ3) is 3.41. The third-order valence-corrected chi connectivity index (χ3v) is 4.20. The highest BCUT2D eigenvalue weighted by Gasteiger charge is 2.16. The molecule has 0 bridgehead atoms. The van der Waals surface area contributed by atoms with E-state index in [-0.39, 0.29) is 28.6 Å². The average molecular weight is 260 g/mol. The molecule has 5 nitrogen and oxygen atoms in total. The van der Waals surface area contributed by atoms with Gasteiger partial charge in [0.05, 0.1) is 15.7 Å². The topological polar surface area (TPSA) is 82.9 Å². The third-order valence-electron chi connectivity index (χ3n) is 1.91. The number of hydrogen-bond acceptors (Lipinski definition) is 3. The molecule has 0 aliphatic heterocycles. The first-order chi connectivity index (χ1) is 7.58. The Labute approximate surface area is 98.6 Å². The number of hydrogen-bond donors (Lipinski definition) is 0. The highest BCUT2D eigenvalue weighted by Crippen LogP contribution is 2.21. The van der Waals surface area contributed by atoms with Gasteiger partial charge in [-0.1, -0.05) is 28.8 Å². The van der Waals surface area contributed by atoms with Crippen LogP contribution >= 0.6 is 11.6 Å². The minimum Gasteiger partial charge on any atom is -0.224 e. The Bertz CT molecular complexity index is 509. The maximum atomic E-state index is 11.8. The van der Waals surface area contributed by atoms with E-state index in [2.05, 4.69) is 10.0 Å². The van der Waals surface area contributed by atoms with E-state index >= 15 is 0 Å². The summed E-state index contributed by atoms with van der Waals surface area (Å²) >= 11 is 5.79. The molecule has 0 radical (unpaired) electrons. The van der Waals surface area contributed by atoms with Crippen LogP contribution in [0.1, 0.15) is 6.42 Å². The molecule has 0 N–H and O–H groups in total. The van der Waals surface area contributed by atoms with E-state index in [0.717, 1.165) is 0 Å². The van der Waals surface area contributed by atoms with Crippen LogP contribution in [0.4, 0.5) is 0 Å². The van der Waals surface area contributed by atoms with Gasteiger partial charge in [-0.25, -0.2) is 8.42 Å². The molecule has 0 spiro atoms. The van der Waals surface area contributed by atoms with Gasteiger partial charge in [0.25, 0.3) is 0 Å². The van der Waals surface area contributed by atoms with Crippen molar-refractivity contribution in [3.8, 4) is 0 Å². The molecule has 1 aromatic rings. The fraction of sp³-hybridized carbons (Fsp3) is 0.333. The molecule has 0 saturated heterocycles. The predicted octanol–water partition coefficient (Wildman–Crippen LogP) is 2.81. The van der Waals surface area contributed by atoms with Gasteiger partial charge in [-0.2, -0.15) is 0 Å². The number of benzene rings is 1. The van der Waals surface area contributed by atoms with E-state index in [4.69, 9.17) is 17.1 Å². The van der Waals surface area contributed by atoms with Crippen molar-refractivity contribution in [3.63, 3.8) is 0 Å². The Balaban J connectivity index is 2.79. The first kappa shape index (κ1) is 12.8. The Kier molecular flexibility index (Phi) is 4.61. The predicted molar refractivity (Wildman–Crippen MR) is 62.1 cm³/mol. The molecular formula is C9H10ClN3O2S. The Morgan fingerprint density at radius 2 is 2.06 bits per heavy atom. The van der Waals surface area contributed by atoms with Crippen molar-refractivity contribution in [1.29, 1.82) is 0 Å². The molecule has 86 valence electrons. The Morgan fingerprint density at radius 1 is 1.38 bits per heavy atom. The molecule has 0 aliphatic rings. The van der Waals surface area contributed by atoms with Gasteiger partial charge < -0.3 is 0 Å². The minimum absolute atomic E-state index is 0.0737. The lowest BCUT2D eigenvalue weighted by Crippen LogP contribution is -2.08. The van der Waals surface area contributed by atoms with Gasteiger partial charge >= 0.3 is 0 Å². The summed E-state index contributed by atoms with van der Waals surface area (Å²) in [5, 5.41) is 3.49. The first-order valence-corrected chi connectivity index (χ1v) is 6.59. The zero-order chi connectivity index (χ0) is 12.0. The monoisotopic (exact) mass is 259 g/mol. The molecule has 1 aromatic carbocycles. The summed E-state index contributed by atoms with van der Waals surface area (Å²) in [7, 11) is -3.39.